The number of amides is 2. The number of unbranched alkanes of at least 4 members (excludes halogenated alkanes) is 1. The van der Waals surface area contributed by atoms with Gasteiger partial charge in [-0.1, -0.05) is 33.6 Å². The third kappa shape index (κ3) is 12.0. The van der Waals surface area contributed by atoms with E-state index >= 15 is 0 Å². The highest BCUT2D eigenvalue weighted by atomic mass is 16.5. The lowest BCUT2D eigenvalue weighted by Crippen LogP contribution is -2.53. The third-order valence-electron chi connectivity index (χ3n) is 4.21. The minimum absolute atomic E-state index is 0.0248. The van der Waals surface area contributed by atoms with Gasteiger partial charge in [0, 0.05) is 26.7 Å². The van der Waals surface area contributed by atoms with Gasteiger partial charge in [0.1, 0.15) is 12.6 Å². The minimum Gasteiger partial charge on any atom is -0.382 e. The minimum atomic E-state index is -0.558. The standard InChI is InChI=1S/C19H39N3O5/c1-6-7-8-16(20)13-21-19(24)18(15(2)3)22(4)17(23)14-27-12-11-26-10-9-25-5/h15-16,18H,6-14,20H2,1-5H3,(H,21,24). The molecule has 0 spiro atoms. The van der Waals surface area contributed by atoms with Crippen molar-refractivity contribution in [1.82, 2.24) is 10.2 Å². The second kappa shape index (κ2) is 15.8. The van der Waals surface area contributed by atoms with Crippen LogP contribution < -0.4 is 11.1 Å². The Balaban J connectivity index is 4.32. The number of rotatable bonds is 16. The van der Waals surface area contributed by atoms with Crippen molar-refractivity contribution in [3.8, 4) is 0 Å². The summed E-state index contributed by atoms with van der Waals surface area (Å²) in [5.74, 6) is -0.449. The molecule has 0 bridgehead atoms. The van der Waals surface area contributed by atoms with Crippen LogP contribution in [0.1, 0.15) is 40.0 Å². The normalized spacial score (nSPS) is 13.4. The molecule has 0 aliphatic carbocycles. The predicted molar refractivity (Wildman–Crippen MR) is 105 cm³/mol. The molecule has 0 fully saturated rings. The molecule has 2 atom stereocenters. The van der Waals surface area contributed by atoms with Crippen molar-refractivity contribution in [1.29, 1.82) is 0 Å². The molecule has 0 aromatic carbocycles. The fraction of sp³-hybridized carbons (Fsp3) is 0.895. The van der Waals surface area contributed by atoms with E-state index in [1.807, 2.05) is 13.8 Å². The van der Waals surface area contributed by atoms with Gasteiger partial charge in [-0.3, -0.25) is 9.59 Å². The molecule has 0 aliphatic heterocycles. The largest absolute Gasteiger partial charge is 0.382 e. The summed E-state index contributed by atoms with van der Waals surface area (Å²) < 4.78 is 15.5. The van der Waals surface area contributed by atoms with Crippen molar-refractivity contribution in [2.24, 2.45) is 11.7 Å². The van der Waals surface area contributed by atoms with Crippen molar-refractivity contribution in [2.45, 2.75) is 52.1 Å². The average molecular weight is 390 g/mol. The molecule has 2 amide bonds. The SMILES string of the molecule is CCCCC(N)CNC(=O)C(C(C)C)N(C)C(=O)COCCOCCOC. The van der Waals surface area contributed by atoms with Crippen LogP contribution in [0.2, 0.25) is 0 Å². The molecule has 8 heteroatoms. The number of nitrogens with one attached hydrogen (secondary N) is 1. The monoisotopic (exact) mass is 389 g/mol. The summed E-state index contributed by atoms with van der Waals surface area (Å²) >= 11 is 0. The Bertz CT molecular complexity index is 407. The summed E-state index contributed by atoms with van der Waals surface area (Å²) in [6.45, 7) is 7.98. The van der Waals surface area contributed by atoms with Gasteiger partial charge in [0.25, 0.3) is 0 Å². The zero-order valence-electron chi connectivity index (χ0n) is 17.7. The topological polar surface area (TPSA) is 103 Å². The average Bonchev–Trinajstić information content (AvgIpc) is 2.63. The molecule has 0 heterocycles. The lowest BCUT2D eigenvalue weighted by atomic mass is 10.0. The number of likely N-dealkylation sites (N-methyl/N-ethyl adjacent to an activating group) is 1. The van der Waals surface area contributed by atoms with Crippen LogP contribution >= 0.6 is 0 Å². The second-order valence-electron chi connectivity index (χ2n) is 7.00. The van der Waals surface area contributed by atoms with Crippen LogP contribution in [-0.4, -0.2) is 82.5 Å². The van der Waals surface area contributed by atoms with Gasteiger partial charge in [-0.2, -0.15) is 0 Å². The van der Waals surface area contributed by atoms with E-state index in [1.54, 1.807) is 14.2 Å². The fourth-order valence-electron chi connectivity index (χ4n) is 2.61. The first kappa shape index (κ1) is 25.8. The lowest BCUT2D eigenvalue weighted by Gasteiger charge is -2.30. The predicted octanol–water partition coefficient (Wildman–Crippen LogP) is 0.783. The molecule has 0 rings (SSSR count). The highest BCUT2D eigenvalue weighted by molar-refractivity contribution is 5.88. The van der Waals surface area contributed by atoms with E-state index in [9.17, 15) is 9.59 Å². The van der Waals surface area contributed by atoms with E-state index in [-0.39, 0.29) is 30.4 Å². The highest BCUT2D eigenvalue weighted by Crippen LogP contribution is 2.10. The van der Waals surface area contributed by atoms with E-state index in [1.165, 1.54) is 4.90 Å². The van der Waals surface area contributed by atoms with E-state index < -0.39 is 6.04 Å². The van der Waals surface area contributed by atoms with E-state index in [4.69, 9.17) is 19.9 Å². The molecular formula is C19H39N3O5. The van der Waals surface area contributed by atoms with Crippen molar-refractivity contribution in [2.75, 3.05) is 53.7 Å². The first-order valence-electron chi connectivity index (χ1n) is 9.78. The van der Waals surface area contributed by atoms with Crippen molar-refractivity contribution < 1.29 is 23.8 Å². The number of carbonyl (C=O) groups is 2. The Hall–Kier alpha value is -1.22. The van der Waals surface area contributed by atoms with Gasteiger partial charge in [0.15, 0.2) is 0 Å². The van der Waals surface area contributed by atoms with Crippen molar-refractivity contribution in [3.63, 3.8) is 0 Å². The third-order valence-corrected chi connectivity index (χ3v) is 4.21. The van der Waals surface area contributed by atoms with Crippen LogP contribution in [0, 0.1) is 5.92 Å². The first-order chi connectivity index (χ1) is 12.8. The first-order valence-corrected chi connectivity index (χ1v) is 9.78. The maximum atomic E-state index is 12.6. The van der Waals surface area contributed by atoms with Crippen molar-refractivity contribution in [3.05, 3.63) is 0 Å². The Kier molecular flexibility index (Phi) is 15.1. The molecule has 0 saturated carbocycles. The van der Waals surface area contributed by atoms with Gasteiger partial charge in [-0.15, -0.1) is 0 Å². The Morgan fingerprint density at radius 1 is 1.11 bits per heavy atom. The van der Waals surface area contributed by atoms with Crippen LogP contribution in [-0.2, 0) is 23.8 Å². The molecule has 27 heavy (non-hydrogen) atoms. The van der Waals surface area contributed by atoms with Crippen LogP contribution in [0.5, 0.6) is 0 Å². The molecule has 0 saturated heterocycles. The molecule has 0 aromatic rings. The highest BCUT2D eigenvalue weighted by Gasteiger charge is 2.29. The molecular weight excluding hydrogens is 350 g/mol. The van der Waals surface area contributed by atoms with E-state index in [0.717, 1.165) is 19.3 Å². The molecule has 2 unspecified atom stereocenters. The molecule has 3 N–H and O–H groups in total. The molecule has 0 radical (unpaired) electrons. The number of nitrogens with zero attached hydrogens (tertiary/aromatic N) is 1. The number of ether oxygens (including phenoxy) is 3. The number of nitrogens with two attached hydrogens (primary N) is 1. The van der Waals surface area contributed by atoms with Gasteiger partial charge in [0.05, 0.1) is 26.4 Å². The van der Waals surface area contributed by atoms with Crippen LogP contribution in [0.4, 0.5) is 0 Å². The summed E-state index contributed by atoms with van der Waals surface area (Å²) in [7, 11) is 3.23. The van der Waals surface area contributed by atoms with E-state index in [0.29, 0.717) is 33.0 Å². The fourth-order valence-corrected chi connectivity index (χ4v) is 2.61. The number of hydrogen-bond donors (Lipinski definition) is 2. The maximum Gasteiger partial charge on any atom is 0.249 e. The molecule has 160 valence electrons. The summed E-state index contributed by atoms with van der Waals surface area (Å²) in [5, 5.41) is 2.87. The zero-order valence-corrected chi connectivity index (χ0v) is 17.7. The number of methoxy groups -OCH3 is 1. The van der Waals surface area contributed by atoms with Gasteiger partial charge in [-0.25, -0.2) is 0 Å². The molecule has 0 aliphatic rings. The van der Waals surface area contributed by atoms with E-state index in [2.05, 4.69) is 12.2 Å². The van der Waals surface area contributed by atoms with Gasteiger partial charge < -0.3 is 30.2 Å². The summed E-state index contributed by atoms with van der Waals surface area (Å²) in [4.78, 5) is 26.3. The van der Waals surface area contributed by atoms with Crippen molar-refractivity contribution >= 4 is 11.8 Å². The van der Waals surface area contributed by atoms with Gasteiger partial charge >= 0.3 is 0 Å². The Labute approximate surface area is 164 Å². The van der Waals surface area contributed by atoms with Gasteiger partial charge in [-0.05, 0) is 12.3 Å². The summed E-state index contributed by atoms with van der Waals surface area (Å²) in [6.07, 6.45) is 2.98. The zero-order chi connectivity index (χ0) is 20.7. The number of hydrogen-bond acceptors (Lipinski definition) is 6. The van der Waals surface area contributed by atoms with Gasteiger partial charge in [0.2, 0.25) is 11.8 Å². The molecule has 0 aromatic heterocycles. The Morgan fingerprint density at radius 2 is 1.74 bits per heavy atom. The van der Waals surface area contributed by atoms with Crippen LogP contribution in [0.15, 0.2) is 0 Å². The second-order valence-corrected chi connectivity index (χ2v) is 7.00. The lowest BCUT2D eigenvalue weighted by molar-refractivity contribution is -0.144. The smallest absolute Gasteiger partial charge is 0.249 e. The summed E-state index contributed by atoms with van der Waals surface area (Å²) in [5.41, 5.74) is 6.01. The van der Waals surface area contributed by atoms with Crippen LogP contribution in [0.3, 0.4) is 0 Å². The Morgan fingerprint density at radius 3 is 2.33 bits per heavy atom. The molecule has 8 nitrogen and oxygen atoms in total. The number of carbonyl (C=O) groups excluding carboxylic acids is 2. The quantitative estimate of drug-likeness (QED) is 0.378. The summed E-state index contributed by atoms with van der Waals surface area (Å²) in [6, 6.07) is -0.624. The maximum absolute atomic E-state index is 12.6. The van der Waals surface area contributed by atoms with Crippen LogP contribution in [0.25, 0.3) is 0 Å².